The Morgan fingerprint density at radius 3 is 2.77 bits per heavy atom. The Kier molecular flexibility index (Phi) is 4.73. The van der Waals surface area contributed by atoms with Crippen LogP contribution in [0.5, 0.6) is 0 Å². The quantitative estimate of drug-likeness (QED) is 0.834. The number of hydrogen-bond donors (Lipinski definition) is 0. The Morgan fingerprint density at radius 1 is 1.32 bits per heavy atom. The Balaban J connectivity index is 1.58. The highest BCUT2D eigenvalue weighted by molar-refractivity contribution is 8.02. The van der Waals surface area contributed by atoms with Crippen LogP contribution < -0.4 is 0 Å². The van der Waals surface area contributed by atoms with Crippen LogP contribution in [-0.4, -0.2) is 53.3 Å². The number of amides is 1. The van der Waals surface area contributed by atoms with Crippen molar-refractivity contribution in [1.29, 1.82) is 0 Å². The maximum absolute atomic E-state index is 12.5. The van der Waals surface area contributed by atoms with E-state index >= 15 is 0 Å². The van der Waals surface area contributed by atoms with Crippen molar-refractivity contribution >= 4 is 27.5 Å². The van der Waals surface area contributed by atoms with E-state index in [2.05, 4.69) is 4.98 Å². The van der Waals surface area contributed by atoms with Crippen LogP contribution in [0.1, 0.15) is 30.9 Å². The van der Waals surface area contributed by atoms with Crippen LogP contribution in [0.2, 0.25) is 0 Å². The first-order valence-corrected chi connectivity index (χ1v) is 10.4. The minimum absolute atomic E-state index is 0.0796. The molecule has 7 heteroatoms. The van der Waals surface area contributed by atoms with Crippen LogP contribution in [0, 0.1) is 0 Å². The number of sulfone groups is 1. The summed E-state index contributed by atoms with van der Waals surface area (Å²) in [7, 11) is -2.87. The van der Waals surface area contributed by atoms with Crippen molar-refractivity contribution in [3.8, 4) is 0 Å². The molecule has 120 valence electrons. The van der Waals surface area contributed by atoms with Crippen molar-refractivity contribution in [3.63, 3.8) is 0 Å². The van der Waals surface area contributed by atoms with Crippen LogP contribution in [0.4, 0.5) is 0 Å². The van der Waals surface area contributed by atoms with E-state index < -0.39 is 9.84 Å². The van der Waals surface area contributed by atoms with Gasteiger partial charge in [0.2, 0.25) is 5.91 Å². The molecule has 0 N–H and O–H groups in total. The molecule has 2 atom stereocenters. The van der Waals surface area contributed by atoms with Gasteiger partial charge >= 0.3 is 0 Å². The first kappa shape index (κ1) is 15.8. The minimum atomic E-state index is -2.87. The molecule has 3 heterocycles. The van der Waals surface area contributed by atoms with E-state index in [0.717, 1.165) is 24.9 Å². The molecule has 2 aliphatic heterocycles. The predicted octanol–water partition coefficient (Wildman–Crippen LogP) is 1.67. The van der Waals surface area contributed by atoms with Gasteiger partial charge in [0.1, 0.15) is 0 Å². The zero-order valence-electron chi connectivity index (χ0n) is 12.3. The second-order valence-electron chi connectivity index (χ2n) is 5.86. The van der Waals surface area contributed by atoms with Crippen molar-refractivity contribution in [2.24, 2.45) is 0 Å². The largest absolute Gasteiger partial charge is 0.335 e. The molecule has 3 rings (SSSR count). The molecule has 1 amide bonds. The van der Waals surface area contributed by atoms with Crippen molar-refractivity contribution in [1.82, 2.24) is 9.88 Å². The summed E-state index contributed by atoms with van der Waals surface area (Å²) in [4.78, 5) is 18.4. The van der Waals surface area contributed by atoms with Crippen LogP contribution in [0.25, 0.3) is 0 Å². The lowest BCUT2D eigenvalue weighted by Crippen LogP contribution is -2.32. The molecule has 0 unspecified atom stereocenters. The fraction of sp³-hybridized carbons (Fsp3) is 0.600. The van der Waals surface area contributed by atoms with Crippen LogP contribution in [0.3, 0.4) is 0 Å². The first-order chi connectivity index (χ1) is 10.6. The van der Waals surface area contributed by atoms with Crippen molar-refractivity contribution in [3.05, 3.63) is 30.1 Å². The number of nitrogens with zero attached hydrogens (tertiary/aromatic N) is 2. The van der Waals surface area contributed by atoms with E-state index in [1.54, 1.807) is 12.4 Å². The maximum Gasteiger partial charge on any atom is 0.233 e. The molecule has 2 saturated heterocycles. The number of thioether (sulfide) groups is 1. The third-order valence-corrected chi connectivity index (χ3v) is 7.56. The van der Waals surface area contributed by atoms with E-state index in [4.69, 9.17) is 0 Å². The second-order valence-corrected chi connectivity index (χ2v) is 9.38. The summed E-state index contributed by atoms with van der Waals surface area (Å²) in [6, 6.07) is 4.07. The number of rotatable bonds is 4. The highest BCUT2D eigenvalue weighted by atomic mass is 32.2. The van der Waals surface area contributed by atoms with Gasteiger partial charge in [-0.2, -0.15) is 0 Å². The number of pyridine rings is 1. The van der Waals surface area contributed by atoms with E-state index in [-0.39, 0.29) is 28.7 Å². The third kappa shape index (κ3) is 3.63. The molecule has 0 aliphatic carbocycles. The summed E-state index contributed by atoms with van der Waals surface area (Å²) in [5.74, 6) is 0.983. The molecular formula is C15H20N2O3S2. The first-order valence-electron chi connectivity index (χ1n) is 7.56. The SMILES string of the molecule is O=C(CS[C@H]1CCS(=O)(=O)C1)N1CCC[C@H]1c1ccncc1. The molecule has 0 spiro atoms. The number of hydrogen-bond acceptors (Lipinski definition) is 5. The molecular weight excluding hydrogens is 320 g/mol. The zero-order valence-corrected chi connectivity index (χ0v) is 14.0. The number of aromatic nitrogens is 1. The summed E-state index contributed by atoms with van der Waals surface area (Å²) >= 11 is 1.50. The topological polar surface area (TPSA) is 67.3 Å². The van der Waals surface area contributed by atoms with E-state index in [1.165, 1.54) is 11.8 Å². The minimum Gasteiger partial charge on any atom is -0.335 e. The van der Waals surface area contributed by atoms with Gasteiger partial charge in [0.05, 0.1) is 23.3 Å². The average molecular weight is 340 g/mol. The lowest BCUT2D eigenvalue weighted by Gasteiger charge is -2.25. The third-order valence-electron chi connectivity index (χ3n) is 4.30. The van der Waals surface area contributed by atoms with Crippen molar-refractivity contribution in [2.75, 3.05) is 23.8 Å². The maximum atomic E-state index is 12.5. The Labute approximate surface area is 135 Å². The molecule has 0 radical (unpaired) electrons. The van der Waals surface area contributed by atoms with Crippen molar-refractivity contribution < 1.29 is 13.2 Å². The number of carbonyl (C=O) groups is 1. The molecule has 22 heavy (non-hydrogen) atoms. The van der Waals surface area contributed by atoms with Gasteiger partial charge in [-0.25, -0.2) is 8.42 Å². The molecule has 1 aromatic heterocycles. The molecule has 0 saturated carbocycles. The fourth-order valence-electron chi connectivity index (χ4n) is 3.16. The number of likely N-dealkylation sites (tertiary alicyclic amines) is 1. The summed E-state index contributed by atoms with van der Waals surface area (Å²) in [6.07, 6.45) is 6.19. The average Bonchev–Trinajstić information content (AvgIpc) is 3.12. The molecule has 2 aliphatic rings. The molecule has 2 fully saturated rings. The smallest absolute Gasteiger partial charge is 0.233 e. The second kappa shape index (κ2) is 6.58. The fourth-order valence-corrected chi connectivity index (χ4v) is 6.69. The van der Waals surface area contributed by atoms with Crippen LogP contribution >= 0.6 is 11.8 Å². The molecule has 5 nitrogen and oxygen atoms in total. The summed E-state index contributed by atoms with van der Waals surface area (Å²) in [5.41, 5.74) is 1.13. The number of carbonyl (C=O) groups excluding carboxylic acids is 1. The Morgan fingerprint density at radius 2 is 2.09 bits per heavy atom. The van der Waals surface area contributed by atoms with Gasteiger partial charge < -0.3 is 4.90 Å². The van der Waals surface area contributed by atoms with Gasteiger partial charge in [-0.05, 0) is 37.0 Å². The van der Waals surface area contributed by atoms with Gasteiger partial charge in [0.25, 0.3) is 0 Å². The van der Waals surface area contributed by atoms with Crippen molar-refractivity contribution in [2.45, 2.75) is 30.6 Å². The molecule has 0 aromatic carbocycles. The summed E-state index contributed by atoms with van der Waals surface area (Å²) in [6.45, 7) is 0.787. The van der Waals surface area contributed by atoms with Gasteiger partial charge in [-0.3, -0.25) is 9.78 Å². The Hall–Kier alpha value is -1.08. The highest BCUT2D eigenvalue weighted by Gasteiger charge is 2.32. The monoisotopic (exact) mass is 340 g/mol. The van der Waals surface area contributed by atoms with E-state index in [0.29, 0.717) is 12.2 Å². The highest BCUT2D eigenvalue weighted by Crippen LogP contribution is 2.33. The summed E-state index contributed by atoms with van der Waals surface area (Å²) in [5, 5.41) is 0.0796. The van der Waals surface area contributed by atoms with Crippen LogP contribution in [0.15, 0.2) is 24.5 Å². The van der Waals surface area contributed by atoms with Gasteiger partial charge in [0, 0.05) is 24.2 Å². The summed E-state index contributed by atoms with van der Waals surface area (Å²) < 4.78 is 22.9. The lowest BCUT2D eigenvalue weighted by molar-refractivity contribution is -0.129. The Bertz CT molecular complexity index is 633. The lowest BCUT2D eigenvalue weighted by atomic mass is 10.1. The molecule has 0 bridgehead atoms. The molecule has 1 aromatic rings. The van der Waals surface area contributed by atoms with E-state index in [1.807, 2.05) is 17.0 Å². The van der Waals surface area contributed by atoms with E-state index in [9.17, 15) is 13.2 Å². The normalized spacial score (nSPS) is 27.2. The van der Waals surface area contributed by atoms with Gasteiger partial charge in [0.15, 0.2) is 9.84 Å². The zero-order chi connectivity index (χ0) is 15.6. The van der Waals surface area contributed by atoms with Gasteiger partial charge in [-0.15, -0.1) is 11.8 Å². The standard InChI is InChI=1S/C15H20N2O3S2/c18-15(10-21-13-5-9-22(19,20)11-13)17-8-1-2-14(17)12-3-6-16-7-4-12/h3-4,6-7,13-14H,1-2,5,8-11H2/t13-,14-/m0/s1. The van der Waals surface area contributed by atoms with Crippen LogP contribution in [-0.2, 0) is 14.6 Å². The predicted molar refractivity (Wildman–Crippen MR) is 87.4 cm³/mol. The van der Waals surface area contributed by atoms with Gasteiger partial charge in [-0.1, -0.05) is 0 Å².